The van der Waals surface area contributed by atoms with E-state index < -0.39 is 5.54 Å². The highest BCUT2D eigenvalue weighted by Gasteiger charge is 2.21. The zero-order valence-corrected chi connectivity index (χ0v) is 10.9. The van der Waals surface area contributed by atoms with Crippen LogP contribution in [0, 0.1) is 24.1 Å². The first-order valence-corrected chi connectivity index (χ1v) is 6.10. The number of nitrogens with two attached hydrogens (primary N) is 1. The smallest absolute Gasteiger partial charge is 0.129 e. The molecule has 1 rings (SSSR count). The molecule has 0 radical (unpaired) electrons. The minimum atomic E-state index is -0.776. The molecule has 1 aromatic carbocycles. The second-order valence-corrected chi connectivity index (χ2v) is 4.48. The van der Waals surface area contributed by atoms with Crippen molar-refractivity contribution >= 4 is 0 Å². The molecule has 0 heterocycles. The first-order chi connectivity index (χ1) is 8.50. The molecule has 0 aliphatic carbocycles. The lowest BCUT2D eigenvalue weighted by Gasteiger charge is -2.18. The molecular weight excluding hydrogens is 231 g/mol. The number of hydrogen-bond donors (Lipinski definition) is 1. The molecule has 0 bridgehead atoms. The first kappa shape index (κ1) is 14.5. The first-order valence-electron chi connectivity index (χ1n) is 6.10. The van der Waals surface area contributed by atoms with Crippen LogP contribution in [0.5, 0.6) is 5.75 Å². The highest BCUT2D eigenvalue weighted by molar-refractivity contribution is 5.27. The third-order valence-corrected chi connectivity index (χ3v) is 3.03. The van der Waals surface area contributed by atoms with Crippen LogP contribution in [-0.2, 0) is 0 Å². The van der Waals surface area contributed by atoms with Crippen molar-refractivity contribution in [2.45, 2.75) is 38.6 Å². The van der Waals surface area contributed by atoms with Gasteiger partial charge in [-0.3, -0.25) is 0 Å². The maximum atomic E-state index is 13.2. The molecule has 0 fully saturated rings. The summed E-state index contributed by atoms with van der Waals surface area (Å²) in [5.41, 5.74) is 5.66. The van der Waals surface area contributed by atoms with E-state index in [1.165, 1.54) is 6.07 Å². The number of hydrogen-bond acceptors (Lipinski definition) is 3. The second kappa shape index (κ2) is 6.36. The fraction of sp³-hybridized carbons (Fsp3) is 0.500. The van der Waals surface area contributed by atoms with Gasteiger partial charge in [0.2, 0.25) is 0 Å². The molecule has 4 heteroatoms. The number of rotatable bonds is 6. The number of nitrogens with zero attached hydrogens (tertiary/aromatic N) is 1. The summed E-state index contributed by atoms with van der Waals surface area (Å²) in [4.78, 5) is 0. The van der Waals surface area contributed by atoms with Gasteiger partial charge in [0.15, 0.2) is 0 Å². The van der Waals surface area contributed by atoms with Crippen molar-refractivity contribution in [3.8, 4) is 11.8 Å². The summed E-state index contributed by atoms with van der Waals surface area (Å²) in [6, 6.07) is 6.89. The van der Waals surface area contributed by atoms with Gasteiger partial charge >= 0.3 is 0 Å². The van der Waals surface area contributed by atoms with E-state index in [1.54, 1.807) is 19.1 Å². The number of aryl methyl sites for hydroxylation is 1. The van der Waals surface area contributed by atoms with Crippen LogP contribution in [0.15, 0.2) is 18.2 Å². The van der Waals surface area contributed by atoms with E-state index in [-0.39, 0.29) is 5.82 Å². The van der Waals surface area contributed by atoms with Gasteiger partial charge in [0.05, 0.1) is 12.7 Å². The van der Waals surface area contributed by atoms with Gasteiger partial charge in [-0.05, 0) is 37.8 Å². The molecule has 0 spiro atoms. The molecule has 2 N–H and O–H groups in total. The van der Waals surface area contributed by atoms with Crippen LogP contribution >= 0.6 is 0 Å². The Labute approximate surface area is 107 Å². The largest absolute Gasteiger partial charge is 0.493 e. The molecule has 0 aromatic heterocycles. The van der Waals surface area contributed by atoms with E-state index in [9.17, 15) is 4.39 Å². The van der Waals surface area contributed by atoms with Gasteiger partial charge in [0.25, 0.3) is 0 Å². The van der Waals surface area contributed by atoms with Crippen molar-refractivity contribution in [3.63, 3.8) is 0 Å². The van der Waals surface area contributed by atoms with E-state index in [1.807, 2.05) is 6.92 Å². The Morgan fingerprint density at radius 3 is 2.78 bits per heavy atom. The normalized spacial score (nSPS) is 13.7. The third-order valence-electron chi connectivity index (χ3n) is 3.03. The monoisotopic (exact) mass is 250 g/mol. The SMILES string of the molecule is CCC(N)(C#N)CCCOc1ccc(C)c(F)c1. The Bertz CT molecular complexity index is 442. The molecule has 3 nitrogen and oxygen atoms in total. The van der Waals surface area contributed by atoms with E-state index in [0.29, 0.717) is 37.2 Å². The average molecular weight is 250 g/mol. The number of halogens is 1. The van der Waals surface area contributed by atoms with Crippen LogP contribution in [0.4, 0.5) is 4.39 Å². The van der Waals surface area contributed by atoms with Crippen molar-refractivity contribution in [1.82, 2.24) is 0 Å². The standard InChI is InChI=1S/C14H19FN2O/c1-3-14(17,10-16)7-4-8-18-12-6-5-11(2)13(15)9-12/h5-6,9H,3-4,7-8,17H2,1-2H3. The molecule has 0 saturated carbocycles. The average Bonchev–Trinajstić information content (AvgIpc) is 2.38. The van der Waals surface area contributed by atoms with Crippen molar-refractivity contribution in [3.05, 3.63) is 29.6 Å². The van der Waals surface area contributed by atoms with Crippen LogP contribution in [-0.4, -0.2) is 12.1 Å². The maximum absolute atomic E-state index is 13.2. The predicted octanol–water partition coefficient (Wildman–Crippen LogP) is 2.92. The van der Waals surface area contributed by atoms with Gasteiger partial charge in [-0.15, -0.1) is 0 Å². The van der Waals surface area contributed by atoms with Gasteiger partial charge in [0.1, 0.15) is 17.1 Å². The third kappa shape index (κ3) is 4.01. The number of benzene rings is 1. The van der Waals surface area contributed by atoms with Gasteiger partial charge in [-0.25, -0.2) is 4.39 Å². The fourth-order valence-corrected chi connectivity index (χ4v) is 1.55. The summed E-state index contributed by atoms with van der Waals surface area (Å²) < 4.78 is 18.7. The van der Waals surface area contributed by atoms with Crippen LogP contribution in [0.25, 0.3) is 0 Å². The highest BCUT2D eigenvalue weighted by atomic mass is 19.1. The predicted molar refractivity (Wildman–Crippen MR) is 68.7 cm³/mol. The fourth-order valence-electron chi connectivity index (χ4n) is 1.55. The van der Waals surface area contributed by atoms with Crippen LogP contribution in [0.3, 0.4) is 0 Å². The molecule has 1 aromatic rings. The van der Waals surface area contributed by atoms with E-state index in [4.69, 9.17) is 15.7 Å². The molecular formula is C14H19FN2O. The number of ether oxygens (including phenoxy) is 1. The topological polar surface area (TPSA) is 59.0 Å². The van der Waals surface area contributed by atoms with Gasteiger partial charge < -0.3 is 10.5 Å². The Morgan fingerprint density at radius 2 is 2.22 bits per heavy atom. The molecule has 0 aliphatic rings. The van der Waals surface area contributed by atoms with Gasteiger partial charge in [-0.1, -0.05) is 13.0 Å². The van der Waals surface area contributed by atoms with Gasteiger partial charge in [-0.2, -0.15) is 5.26 Å². The summed E-state index contributed by atoms with van der Waals surface area (Å²) in [5.74, 6) is 0.237. The van der Waals surface area contributed by atoms with Crippen LogP contribution < -0.4 is 10.5 Å². The lowest BCUT2D eigenvalue weighted by Crippen LogP contribution is -2.37. The summed E-state index contributed by atoms with van der Waals surface area (Å²) in [5, 5.41) is 8.90. The molecule has 0 aliphatic heterocycles. The molecule has 1 atom stereocenters. The quantitative estimate of drug-likeness (QED) is 0.790. The summed E-state index contributed by atoms with van der Waals surface area (Å²) in [6.07, 6.45) is 1.87. The van der Waals surface area contributed by atoms with Crippen molar-refractivity contribution in [1.29, 1.82) is 5.26 Å². The Morgan fingerprint density at radius 1 is 1.50 bits per heavy atom. The van der Waals surface area contributed by atoms with E-state index >= 15 is 0 Å². The summed E-state index contributed by atoms with van der Waals surface area (Å²) in [6.45, 7) is 4.03. The lowest BCUT2D eigenvalue weighted by molar-refractivity contribution is 0.290. The zero-order chi connectivity index (χ0) is 13.6. The molecule has 18 heavy (non-hydrogen) atoms. The lowest BCUT2D eigenvalue weighted by atomic mass is 9.94. The van der Waals surface area contributed by atoms with E-state index in [0.717, 1.165) is 0 Å². The zero-order valence-electron chi connectivity index (χ0n) is 10.9. The van der Waals surface area contributed by atoms with Gasteiger partial charge in [0, 0.05) is 6.07 Å². The highest BCUT2D eigenvalue weighted by Crippen LogP contribution is 2.17. The maximum Gasteiger partial charge on any atom is 0.129 e. The van der Waals surface area contributed by atoms with Crippen LogP contribution in [0.2, 0.25) is 0 Å². The molecule has 0 amide bonds. The molecule has 0 saturated heterocycles. The molecule has 1 unspecified atom stereocenters. The number of nitriles is 1. The Hall–Kier alpha value is -1.60. The minimum Gasteiger partial charge on any atom is -0.493 e. The van der Waals surface area contributed by atoms with Crippen molar-refractivity contribution < 1.29 is 9.13 Å². The Balaban J connectivity index is 2.39. The van der Waals surface area contributed by atoms with Crippen molar-refractivity contribution in [2.75, 3.05) is 6.61 Å². The summed E-state index contributed by atoms with van der Waals surface area (Å²) >= 11 is 0. The minimum absolute atomic E-state index is 0.272. The second-order valence-electron chi connectivity index (χ2n) is 4.48. The van der Waals surface area contributed by atoms with Crippen LogP contribution in [0.1, 0.15) is 31.7 Å². The van der Waals surface area contributed by atoms with E-state index in [2.05, 4.69) is 6.07 Å². The molecule has 98 valence electrons. The summed E-state index contributed by atoms with van der Waals surface area (Å²) in [7, 11) is 0. The van der Waals surface area contributed by atoms with Crippen molar-refractivity contribution in [2.24, 2.45) is 5.73 Å². The Kier molecular flexibility index (Phi) is 5.11.